The lowest BCUT2D eigenvalue weighted by molar-refractivity contribution is -0.0498. The van der Waals surface area contributed by atoms with E-state index in [0.717, 1.165) is 38.3 Å². The van der Waals surface area contributed by atoms with Crippen LogP contribution in [0.4, 0.5) is 8.78 Å². The SMILES string of the molecule is CCN(CC)CCNCc1ccc(OC(F)F)cc1. The first-order chi connectivity index (χ1) is 9.15. The third-order valence-electron chi connectivity index (χ3n) is 2.98. The maximum absolute atomic E-state index is 12.0. The maximum atomic E-state index is 12.0. The summed E-state index contributed by atoms with van der Waals surface area (Å²) in [5.41, 5.74) is 1.06. The minimum Gasteiger partial charge on any atom is -0.435 e. The highest BCUT2D eigenvalue weighted by Gasteiger charge is 2.03. The second-order valence-electron chi connectivity index (χ2n) is 4.23. The number of nitrogens with zero attached hydrogens (tertiary/aromatic N) is 1. The molecule has 19 heavy (non-hydrogen) atoms. The zero-order valence-corrected chi connectivity index (χ0v) is 11.5. The summed E-state index contributed by atoms with van der Waals surface area (Å²) in [7, 11) is 0. The first-order valence-corrected chi connectivity index (χ1v) is 6.62. The van der Waals surface area contributed by atoms with Crippen LogP contribution in [-0.4, -0.2) is 37.7 Å². The van der Waals surface area contributed by atoms with Crippen molar-refractivity contribution in [3.8, 4) is 5.75 Å². The topological polar surface area (TPSA) is 24.5 Å². The van der Waals surface area contributed by atoms with E-state index < -0.39 is 6.61 Å². The van der Waals surface area contributed by atoms with Crippen molar-refractivity contribution in [1.29, 1.82) is 0 Å². The number of likely N-dealkylation sites (N-methyl/N-ethyl adjacent to an activating group) is 1. The fourth-order valence-electron chi connectivity index (χ4n) is 1.80. The molecule has 0 aromatic heterocycles. The Morgan fingerprint density at radius 2 is 1.79 bits per heavy atom. The lowest BCUT2D eigenvalue weighted by Crippen LogP contribution is -2.31. The molecule has 0 radical (unpaired) electrons. The van der Waals surface area contributed by atoms with Crippen LogP contribution in [0.25, 0.3) is 0 Å². The Kier molecular flexibility index (Phi) is 7.36. The van der Waals surface area contributed by atoms with Gasteiger partial charge in [-0.05, 0) is 30.8 Å². The Hall–Kier alpha value is -1.20. The standard InChI is InChI=1S/C14H22F2N2O/c1-3-18(4-2)10-9-17-11-12-5-7-13(8-6-12)19-14(15)16/h5-8,14,17H,3-4,9-11H2,1-2H3. The second kappa shape index (κ2) is 8.82. The van der Waals surface area contributed by atoms with E-state index in [1.54, 1.807) is 24.3 Å². The molecule has 0 heterocycles. The van der Waals surface area contributed by atoms with Crippen LogP contribution >= 0.6 is 0 Å². The molecule has 1 aromatic rings. The number of alkyl halides is 2. The van der Waals surface area contributed by atoms with E-state index in [4.69, 9.17) is 0 Å². The predicted octanol–water partition coefficient (Wildman–Crippen LogP) is 2.72. The first kappa shape index (κ1) is 15.9. The minimum atomic E-state index is -2.77. The van der Waals surface area contributed by atoms with Gasteiger partial charge in [0.1, 0.15) is 5.75 Å². The van der Waals surface area contributed by atoms with Crippen LogP contribution in [0.3, 0.4) is 0 Å². The summed E-state index contributed by atoms with van der Waals surface area (Å²) in [4.78, 5) is 2.34. The summed E-state index contributed by atoms with van der Waals surface area (Å²) in [5, 5.41) is 3.33. The third-order valence-corrected chi connectivity index (χ3v) is 2.98. The van der Waals surface area contributed by atoms with E-state index >= 15 is 0 Å². The molecular weight excluding hydrogens is 250 g/mol. The molecule has 1 rings (SSSR count). The van der Waals surface area contributed by atoms with E-state index in [0.29, 0.717) is 0 Å². The van der Waals surface area contributed by atoms with Crippen molar-refractivity contribution in [3.63, 3.8) is 0 Å². The van der Waals surface area contributed by atoms with Crippen molar-refractivity contribution in [1.82, 2.24) is 10.2 Å². The number of hydrogen-bond acceptors (Lipinski definition) is 3. The molecule has 0 unspecified atom stereocenters. The minimum absolute atomic E-state index is 0.196. The van der Waals surface area contributed by atoms with Crippen molar-refractivity contribution in [2.75, 3.05) is 26.2 Å². The lowest BCUT2D eigenvalue weighted by Gasteiger charge is -2.18. The molecule has 5 heteroatoms. The van der Waals surface area contributed by atoms with Gasteiger partial charge in [-0.2, -0.15) is 8.78 Å². The molecule has 3 nitrogen and oxygen atoms in total. The van der Waals surface area contributed by atoms with Gasteiger partial charge >= 0.3 is 6.61 Å². The molecular formula is C14H22F2N2O. The van der Waals surface area contributed by atoms with E-state index in [1.165, 1.54) is 0 Å². The summed E-state index contributed by atoms with van der Waals surface area (Å²) < 4.78 is 28.2. The van der Waals surface area contributed by atoms with Crippen LogP contribution in [0.5, 0.6) is 5.75 Å². The predicted molar refractivity (Wildman–Crippen MR) is 72.6 cm³/mol. The van der Waals surface area contributed by atoms with Crippen molar-refractivity contribution in [2.45, 2.75) is 27.0 Å². The van der Waals surface area contributed by atoms with Gasteiger partial charge in [-0.1, -0.05) is 26.0 Å². The fraction of sp³-hybridized carbons (Fsp3) is 0.571. The lowest BCUT2D eigenvalue weighted by atomic mass is 10.2. The molecule has 0 aliphatic rings. The molecule has 0 atom stereocenters. The molecule has 108 valence electrons. The zero-order chi connectivity index (χ0) is 14.1. The van der Waals surface area contributed by atoms with Crippen molar-refractivity contribution in [3.05, 3.63) is 29.8 Å². The quantitative estimate of drug-likeness (QED) is 0.700. The highest BCUT2D eigenvalue weighted by atomic mass is 19.3. The molecule has 0 saturated carbocycles. The van der Waals surface area contributed by atoms with E-state index in [2.05, 4.69) is 28.8 Å². The summed E-state index contributed by atoms with van der Waals surface area (Å²) in [5.74, 6) is 0.196. The monoisotopic (exact) mass is 272 g/mol. The summed E-state index contributed by atoms with van der Waals surface area (Å²) >= 11 is 0. The molecule has 1 N–H and O–H groups in total. The van der Waals surface area contributed by atoms with E-state index in [9.17, 15) is 8.78 Å². The Labute approximate surface area is 113 Å². The molecule has 0 aliphatic carbocycles. The van der Waals surface area contributed by atoms with Crippen LogP contribution in [0.1, 0.15) is 19.4 Å². The maximum Gasteiger partial charge on any atom is 0.387 e. The molecule has 0 spiro atoms. The van der Waals surface area contributed by atoms with Crippen molar-refractivity contribution < 1.29 is 13.5 Å². The molecule has 1 aromatic carbocycles. The van der Waals surface area contributed by atoms with Gasteiger partial charge < -0.3 is 15.0 Å². The average Bonchev–Trinajstić information content (AvgIpc) is 2.40. The number of rotatable bonds is 9. The number of benzene rings is 1. The van der Waals surface area contributed by atoms with Crippen LogP contribution in [0.2, 0.25) is 0 Å². The van der Waals surface area contributed by atoms with Gasteiger partial charge in [-0.3, -0.25) is 0 Å². The summed E-state index contributed by atoms with van der Waals surface area (Å²) in [6.07, 6.45) is 0. The Morgan fingerprint density at radius 1 is 1.16 bits per heavy atom. The first-order valence-electron chi connectivity index (χ1n) is 6.62. The van der Waals surface area contributed by atoms with Crippen LogP contribution < -0.4 is 10.1 Å². The molecule has 0 amide bonds. The highest BCUT2D eigenvalue weighted by Crippen LogP contribution is 2.14. The fourth-order valence-corrected chi connectivity index (χ4v) is 1.80. The number of ether oxygens (including phenoxy) is 1. The largest absolute Gasteiger partial charge is 0.435 e. The average molecular weight is 272 g/mol. The van der Waals surface area contributed by atoms with Crippen LogP contribution in [0, 0.1) is 0 Å². The normalized spacial score (nSPS) is 11.3. The Morgan fingerprint density at radius 3 is 2.32 bits per heavy atom. The molecule has 0 saturated heterocycles. The smallest absolute Gasteiger partial charge is 0.387 e. The van der Waals surface area contributed by atoms with Crippen LogP contribution in [-0.2, 0) is 6.54 Å². The van der Waals surface area contributed by atoms with E-state index in [-0.39, 0.29) is 5.75 Å². The van der Waals surface area contributed by atoms with E-state index in [1.807, 2.05) is 0 Å². The Bertz CT molecular complexity index is 340. The van der Waals surface area contributed by atoms with Gasteiger partial charge in [0.05, 0.1) is 0 Å². The van der Waals surface area contributed by atoms with Gasteiger partial charge in [0.25, 0.3) is 0 Å². The molecule has 0 bridgehead atoms. The van der Waals surface area contributed by atoms with Crippen LogP contribution in [0.15, 0.2) is 24.3 Å². The summed E-state index contributed by atoms with van der Waals surface area (Å²) in [6, 6.07) is 6.71. The third kappa shape index (κ3) is 6.50. The zero-order valence-electron chi connectivity index (χ0n) is 11.5. The number of halogens is 2. The van der Waals surface area contributed by atoms with Gasteiger partial charge in [0.2, 0.25) is 0 Å². The van der Waals surface area contributed by atoms with Crippen molar-refractivity contribution in [2.24, 2.45) is 0 Å². The second-order valence-corrected chi connectivity index (χ2v) is 4.23. The highest BCUT2D eigenvalue weighted by molar-refractivity contribution is 5.27. The molecule has 0 aliphatic heterocycles. The summed E-state index contributed by atoms with van der Waals surface area (Å²) in [6.45, 7) is 6.29. The molecule has 0 fully saturated rings. The Balaban J connectivity index is 2.26. The van der Waals surface area contributed by atoms with Crippen molar-refractivity contribution >= 4 is 0 Å². The van der Waals surface area contributed by atoms with Gasteiger partial charge in [-0.25, -0.2) is 0 Å². The van der Waals surface area contributed by atoms with Gasteiger partial charge in [0, 0.05) is 19.6 Å². The number of nitrogens with one attached hydrogen (secondary N) is 1. The number of hydrogen-bond donors (Lipinski definition) is 1. The van der Waals surface area contributed by atoms with Gasteiger partial charge in [0.15, 0.2) is 0 Å². The van der Waals surface area contributed by atoms with Gasteiger partial charge in [-0.15, -0.1) is 0 Å².